The molecule has 3 nitrogen and oxygen atoms in total. The number of hydrogen-bond acceptors (Lipinski definition) is 2. The lowest BCUT2D eigenvalue weighted by atomic mass is 9.88. The van der Waals surface area contributed by atoms with Gasteiger partial charge in [-0.2, -0.15) is 0 Å². The molecule has 0 N–H and O–H groups in total. The molecule has 1 heterocycles. The normalized spacial score (nSPS) is 17.8. The van der Waals surface area contributed by atoms with Gasteiger partial charge in [-0.05, 0) is 75.6 Å². The van der Waals surface area contributed by atoms with Crippen LogP contribution in [0.5, 0.6) is 0 Å². The molecule has 0 aromatic heterocycles. The van der Waals surface area contributed by atoms with E-state index in [1.54, 1.807) is 0 Å². The molecule has 4 heteroatoms. The van der Waals surface area contributed by atoms with Gasteiger partial charge >= 0.3 is 6.09 Å². The number of nitrogens with zero attached hydrogens (tertiary/aromatic N) is 1. The number of anilines is 1. The molecule has 24 heavy (non-hydrogen) atoms. The summed E-state index contributed by atoms with van der Waals surface area (Å²) >= 11 is 3.61. The highest BCUT2D eigenvalue weighted by Gasteiger charge is 2.35. The maximum absolute atomic E-state index is 13.0. The van der Waals surface area contributed by atoms with E-state index in [1.165, 1.54) is 11.1 Å². The first-order valence-corrected chi connectivity index (χ1v) is 9.75. The largest absolute Gasteiger partial charge is 0.443 e. The van der Waals surface area contributed by atoms with Gasteiger partial charge in [-0.3, -0.25) is 4.90 Å². The van der Waals surface area contributed by atoms with Crippen molar-refractivity contribution in [3.8, 4) is 0 Å². The molecule has 1 aliphatic rings. The molecule has 1 amide bonds. The zero-order valence-electron chi connectivity index (χ0n) is 15.8. The average molecular weight is 396 g/mol. The minimum Gasteiger partial charge on any atom is -0.443 e. The van der Waals surface area contributed by atoms with E-state index in [0.717, 1.165) is 35.8 Å². The van der Waals surface area contributed by atoms with Crippen LogP contribution in [0.3, 0.4) is 0 Å². The zero-order valence-corrected chi connectivity index (χ0v) is 17.4. The molecule has 1 aliphatic heterocycles. The van der Waals surface area contributed by atoms with E-state index in [1.807, 2.05) is 25.7 Å². The van der Waals surface area contributed by atoms with Crippen molar-refractivity contribution in [1.29, 1.82) is 0 Å². The van der Waals surface area contributed by atoms with Gasteiger partial charge in [0.05, 0.1) is 5.69 Å². The summed E-state index contributed by atoms with van der Waals surface area (Å²) in [6, 6.07) is 4.49. The number of carbonyl (C=O) groups excluding carboxylic acids is 1. The third kappa shape index (κ3) is 4.53. The van der Waals surface area contributed by atoms with Crippen LogP contribution in [0.1, 0.15) is 65.5 Å². The van der Waals surface area contributed by atoms with Crippen molar-refractivity contribution in [2.24, 2.45) is 5.92 Å². The van der Waals surface area contributed by atoms with Gasteiger partial charge in [0.1, 0.15) is 5.60 Å². The van der Waals surface area contributed by atoms with Crippen LogP contribution >= 0.6 is 15.9 Å². The number of amides is 1. The Morgan fingerprint density at radius 1 is 1.38 bits per heavy atom. The maximum Gasteiger partial charge on any atom is 0.415 e. The third-order valence-electron chi connectivity index (χ3n) is 4.30. The predicted octanol–water partition coefficient (Wildman–Crippen LogP) is 6.11. The van der Waals surface area contributed by atoms with Crippen LogP contribution in [0.15, 0.2) is 16.6 Å². The van der Waals surface area contributed by atoms with E-state index >= 15 is 0 Å². The Labute approximate surface area is 154 Å². The van der Waals surface area contributed by atoms with Crippen molar-refractivity contribution in [1.82, 2.24) is 0 Å². The first-order valence-electron chi connectivity index (χ1n) is 8.96. The summed E-state index contributed by atoms with van der Waals surface area (Å²) in [6.45, 7) is 12.3. The standard InChI is InChI=1S/C20H30BrNO2/c1-7-14-11-16(21)12-15-8-9-17(10-13(2)3)22(18(14)15)19(23)24-20(4,5)6/h11-13,17H,7-10H2,1-6H3. The van der Waals surface area contributed by atoms with Gasteiger partial charge in [-0.25, -0.2) is 4.79 Å². The second kappa shape index (κ2) is 7.47. The molecule has 1 unspecified atom stereocenters. The number of fused-ring (bicyclic) bond motifs is 1. The van der Waals surface area contributed by atoms with Gasteiger partial charge in [0.2, 0.25) is 0 Å². The lowest BCUT2D eigenvalue weighted by molar-refractivity contribution is 0.0556. The Morgan fingerprint density at radius 3 is 2.58 bits per heavy atom. The lowest BCUT2D eigenvalue weighted by Crippen LogP contribution is -2.47. The SMILES string of the molecule is CCc1cc(Br)cc2c1N(C(=O)OC(C)(C)C)C(CC(C)C)CC2. The van der Waals surface area contributed by atoms with E-state index in [4.69, 9.17) is 4.74 Å². The summed E-state index contributed by atoms with van der Waals surface area (Å²) in [5.41, 5.74) is 3.04. The van der Waals surface area contributed by atoms with Gasteiger partial charge in [-0.15, -0.1) is 0 Å². The van der Waals surface area contributed by atoms with Gasteiger partial charge in [-0.1, -0.05) is 36.7 Å². The Bertz CT molecular complexity index is 587. The van der Waals surface area contributed by atoms with Crippen LogP contribution < -0.4 is 4.90 Å². The minimum atomic E-state index is -0.487. The highest BCUT2D eigenvalue weighted by Crippen LogP contribution is 2.39. The maximum atomic E-state index is 13.0. The molecule has 0 aliphatic carbocycles. The fraction of sp³-hybridized carbons (Fsp3) is 0.650. The van der Waals surface area contributed by atoms with Gasteiger partial charge < -0.3 is 4.74 Å². The van der Waals surface area contributed by atoms with E-state index in [-0.39, 0.29) is 12.1 Å². The van der Waals surface area contributed by atoms with Crippen LogP contribution in [0, 0.1) is 5.92 Å². The Morgan fingerprint density at radius 2 is 2.04 bits per heavy atom. The van der Waals surface area contributed by atoms with Crippen LogP contribution in [0.25, 0.3) is 0 Å². The smallest absolute Gasteiger partial charge is 0.415 e. The van der Waals surface area contributed by atoms with E-state index in [9.17, 15) is 4.79 Å². The van der Waals surface area contributed by atoms with Crippen molar-refractivity contribution < 1.29 is 9.53 Å². The number of hydrogen-bond donors (Lipinski definition) is 0. The molecular formula is C20H30BrNO2. The fourth-order valence-corrected chi connectivity index (χ4v) is 3.99. The Kier molecular flexibility index (Phi) is 6.00. The molecule has 1 aromatic rings. The number of ether oxygens (including phenoxy) is 1. The van der Waals surface area contributed by atoms with Crippen molar-refractivity contribution in [2.75, 3.05) is 4.90 Å². The molecule has 1 aromatic carbocycles. The number of carbonyl (C=O) groups is 1. The number of rotatable bonds is 3. The Hall–Kier alpha value is -1.03. The number of benzene rings is 1. The third-order valence-corrected chi connectivity index (χ3v) is 4.76. The van der Waals surface area contributed by atoms with Crippen molar-refractivity contribution in [3.05, 3.63) is 27.7 Å². The molecule has 2 rings (SSSR count). The van der Waals surface area contributed by atoms with E-state index in [0.29, 0.717) is 5.92 Å². The summed E-state index contributed by atoms with van der Waals surface area (Å²) in [6.07, 6.45) is 3.68. The molecule has 0 radical (unpaired) electrons. The molecule has 0 spiro atoms. The van der Waals surface area contributed by atoms with Crippen LogP contribution in [-0.2, 0) is 17.6 Å². The zero-order chi connectivity index (χ0) is 18.1. The molecule has 0 saturated carbocycles. The molecule has 0 bridgehead atoms. The van der Waals surface area contributed by atoms with Gasteiger partial charge in [0.15, 0.2) is 0 Å². The lowest BCUT2D eigenvalue weighted by Gasteiger charge is -2.40. The second-order valence-corrected chi connectivity index (χ2v) is 9.01. The summed E-state index contributed by atoms with van der Waals surface area (Å²) in [5.74, 6) is 0.544. The highest BCUT2D eigenvalue weighted by atomic mass is 79.9. The summed E-state index contributed by atoms with van der Waals surface area (Å²) < 4.78 is 6.84. The molecule has 1 atom stereocenters. The minimum absolute atomic E-state index is 0.207. The Balaban J connectivity index is 2.50. The number of halogens is 1. The molecule has 0 fully saturated rings. The first-order chi connectivity index (χ1) is 11.1. The molecule has 134 valence electrons. The van der Waals surface area contributed by atoms with Crippen molar-refractivity contribution in [2.45, 2.75) is 78.9 Å². The average Bonchev–Trinajstić information content (AvgIpc) is 2.43. The summed E-state index contributed by atoms with van der Waals surface area (Å²) in [5, 5.41) is 0. The quantitative estimate of drug-likeness (QED) is 0.617. The van der Waals surface area contributed by atoms with Crippen LogP contribution in [0.2, 0.25) is 0 Å². The molecule has 0 saturated heterocycles. The second-order valence-electron chi connectivity index (χ2n) is 8.10. The fourth-order valence-electron chi connectivity index (χ4n) is 3.44. The van der Waals surface area contributed by atoms with E-state index in [2.05, 4.69) is 48.8 Å². The first kappa shape index (κ1) is 19.3. The predicted molar refractivity (Wildman–Crippen MR) is 104 cm³/mol. The van der Waals surface area contributed by atoms with Crippen molar-refractivity contribution >= 4 is 27.7 Å². The van der Waals surface area contributed by atoms with Gasteiger partial charge in [0.25, 0.3) is 0 Å². The molecular weight excluding hydrogens is 366 g/mol. The van der Waals surface area contributed by atoms with Crippen LogP contribution in [0.4, 0.5) is 10.5 Å². The topological polar surface area (TPSA) is 29.5 Å². The number of aryl methyl sites for hydroxylation is 2. The summed E-state index contributed by atoms with van der Waals surface area (Å²) in [7, 11) is 0. The van der Waals surface area contributed by atoms with Crippen molar-refractivity contribution in [3.63, 3.8) is 0 Å². The van der Waals surface area contributed by atoms with Crippen LogP contribution in [-0.4, -0.2) is 17.7 Å². The highest BCUT2D eigenvalue weighted by molar-refractivity contribution is 9.10. The van der Waals surface area contributed by atoms with E-state index < -0.39 is 5.60 Å². The summed E-state index contributed by atoms with van der Waals surface area (Å²) in [4.78, 5) is 15.0. The van der Waals surface area contributed by atoms with Gasteiger partial charge in [0, 0.05) is 10.5 Å². The monoisotopic (exact) mass is 395 g/mol.